The van der Waals surface area contributed by atoms with Crippen LogP contribution in [0.15, 0.2) is 0 Å². The van der Waals surface area contributed by atoms with E-state index in [1.54, 1.807) is 0 Å². The second kappa shape index (κ2) is 5.36. The third kappa shape index (κ3) is 2.63. The van der Waals surface area contributed by atoms with Crippen molar-refractivity contribution < 1.29 is 9.90 Å². The van der Waals surface area contributed by atoms with Crippen LogP contribution in [0.3, 0.4) is 0 Å². The number of β-amino-alcohol motifs (C(OH)–C–C–N with tert-alkyl or cyclic N) is 1. The molecular formula is C13H24N2O2. The van der Waals surface area contributed by atoms with Crippen molar-refractivity contribution in [3.63, 3.8) is 0 Å². The molecule has 0 saturated carbocycles. The first-order valence-electron chi connectivity index (χ1n) is 6.86. The standard InChI is InChI=1S/C13H24N2O2/c1-2-4-13(5-7-14-8-6-13)12(17)15-9-3-11(16)10-15/h11,14,16H,2-10H2,1H3. The van der Waals surface area contributed by atoms with Crippen LogP contribution in [0.5, 0.6) is 0 Å². The van der Waals surface area contributed by atoms with Crippen molar-refractivity contribution in [1.82, 2.24) is 10.2 Å². The van der Waals surface area contributed by atoms with Crippen LogP contribution in [0.4, 0.5) is 0 Å². The van der Waals surface area contributed by atoms with Gasteiger partial charge >= 0.3 is 0 Å². The minimum absolute atomic E-state index is 0.149. The first-order valence-corrected chi connectivity index (χ1v) is 6.86. The zero-order chi connectivity index (χ0) is 12.3. The summed E-state index contributed by atoms with van der Waals surface area (Å²) >= 11 is 0. The maximum Gasteiger partial charge on any atom is 0.228 e. The molecule has 2 aliphatic heterocycles. The van der Waals surface area contributed by atoms with Crippen molar-refractivity contribution in [1.29, 1.82) is 0 Å². The molecule has 0 aromatic carbocycles. The Kier molecular flexibility index (Phi) is 4.05. The summed E-state index contributed by atoms with van der Waals surface area (Å²) in [5, 5.41) is 12.9. The number of carbonyl (C=O) groups excluding carboxylic acids is 1. The van der Waals surface area contributed by atoms with Crippen LogP contribution in [-0.2, 0) is 4.79 Å². The highest BCUT2D eigenvalue weighted by atomic mass is 16.3. The van der Waals surface area contributed by atoms with E-state index in [2.05, 4.69) is 12.2 Å². The molecule has 17 heavy (non-hydrogen) atoms. The molecule has 0 aromatic heterocycles. The van der Waals surface area contributed by atoms with Gasteiger partial charge in [-0.25, -0.2) is 0 Å². The number of piperidine rings is 1. The molecular weight excluding hydrogens is 216 g/mol. The molecule has 2 rings (SSSR count). The smallest absolute Gasteiger partial charge is 0.228 e. The summed E-state index contributed by atoms with van der Waals surface area (Å²) in [6.07, 6.45) is 4.38. The molecule has 2 saturated heterocycles. The fraction of sp³-hybridized carbons (Fsp3) is 0.923. The molecule has 1 unspecified atom stereocenters. The lowest BCUT2D eigenvalue weighted by Crippen LogP contribution is -2.48. The van der Waals surface area contributed by atoms with Gasteiger partial charge in [0.1, 0.15) is 0 Å². The van der Waals surface area contributed by atoms with Crippen molar-refractivity contribution >= 4 is 5.91 Å². The zero-order valence-corrected chi connectivity index (χ0v) is 10.7. The minimum Gasteiger partial charge on any atom is -0.391 e. The third-order valence-corrected chi connectivity index (χ3v) is 4.19. The van der Waals surface area contributed by atoms with E-state index in [0.717, 1.165) is 51.7 Å². The van der Waals surface area contributed by atoms with E-state index in [1.807, 2.05) is 4.90 Å². The number of rotatable bonds is 3. The number of carbonyl (C=O) groups is 1. The lowest BCUT2D eigenvalue weighted by molar-refractivity contribution is -0.143. The van der Waals surface area contributed by atoms with Crippen molar-refractivity contribution in [3.05, 3.63) is 0 Å². The molecule has 0 bridgehead atoms. The second-order valence-corrected chi connectivity index (χ2v) is 5.47. The van der Waals surface area contributed by atoms with Crippen LogP contribution in [0.25, 0.3) is 0 Å². The molecule has 4 nitrogen and oxygen atoms in total. The van der Waals surface area contributed by atoms with Gasteiger partial charge in [-0.1, -0.05) is 13.3 Å². The highest BCUT2D eigenvalue weighted by molar-refractivity contribution is 5.83. The van der Waals surface area contributed by atoms with Gasteiger partial charge in [-0.05, 0) is 38.8 Å². The van der Waals surface area contributed by atoms with E-state index in [4.69, 9.17) is 0 Å². The maximum atomic E-state index is 12.6. The predicted octanol–water partition coefficient (Wildman–Crippen LogP) is 0.750. The molecule has 0 spiro atoms. The molecule has 0 radical (unpaired) electrons. The third-order valence-electron chi connectivity index (χ3n) is 4.19. The Morgan fingerprint density at radius 3 is 2.71 bits per heavy atom. The number of amides is 1. The van der Waals surface area contributed by atoms with Crippen molar-refractivity contribution in [2.24, 2.45) is 5.41 Å². The Morgan fingerprint density at radius 2 is 2.18 bits per heavy atom. The number of nitrogens with one attached hydrogen (secondary N) is 1. The van der Waals surface area contributed by atoms with E-state index in [1.165, 1.54) is 0 Å². The van der Waals surface area contributed by atoms with Crippen LogP contribution in [0.1, 0.15) is 39.0 Å². The van der Waals surface area contributed by atoms with Crippen LogP contribution >= 0.6 is 0 Å². The minimum atomic E-state index is -0.306. The van der Waals surface area contributed by atoms with Gasteiger partial charge in [-0.15, -0.1) is 0 Å². The Balaban J connectivity index is 2.06. The normalized spacial score (nSPS) is 28.4. The van der Waals surface area contributed by atoms with Crippen LogP contribution < -0.4 is 5.32 Å². The van der Waals surface area contributed by atoms with Crippen LogP contribution in [-0.4, -0.2) is 48.2 Å². The SMILES string of the molecule is CCCC1(C(=O)N2CCC(O)C2)CCNCC1. The Bertz CT molecular complexity index is 269. The molecule has 1 atom stereocenters. The second-order valence-electron chi connectivity index (χ2n) is 5.47. The van der Waals surface area contributed by atoms with Crippen LogP contribution in [0, 0.1) is 5.41 Å². The van der Waals surface area contributed by atoms with Crippen LogP contribution in [0.2, 0.25) is 0 Å². The molecule has 98 valence electrons. The van der Waals surface area contributed by atoms with Gasteiger partial charge in [0, 0.05) is 13.1 Å². The predicted molar refractivity (Wildman–Crippen MR) is 66.6 cm³/mol. The summed E-state index contributed by atoms with van der Waals surface area (Å²) in [7, 11) is 0. The number of likely N-dealkylation sites (tertiary alicyclic amines) is 1. The van der Waals surface area contributed by atoms with E-state index in [0.29, 0.717) is 6.54 Å². The zero-order valence-electron chi connectivity index (χ0n) is 10.7. The number of aliphatic hydroxyl groups is 1. The topological polar surface area (TPSA) is 52.6 Å². The van der Waals surface area contributed by atoms with Gasteiger partial charge in [0.2, 0.25) is 5.91 Å². The average Bonchev–Trinajstić information content (AvgIpc) is 2.76. The molecule has 0 aromatic rings. The van der Waals surface area contributed by atoms with Crippen molar-refractivity contribution in [2.75, 3.05) is 26.2 Å². The molecule has 2 fully saturated rings. The van der Waals surface area contributed by atoms with Gasteiger partial charge in [-0.3, -0.25) is 4.79 Å². The lowest BCUT2D eigenvalue weighted by Gasteiger charge is -2.39. The summed E-state index contributed by atoms with van der Waals surface area (Å²) in [6, 6.07) is 0. The number of hydrogen-bond donors (Lipinski definition) is 2. The Morgan fingerprint density at radius 1 is 1.47 bits per heavy atom. The van der Waals surface area contributed by atoms with E-state index in [9.17, 15) is 9.90 Å². The Hall–Kier alpha value is -0.610. The molecule has 2 N–H and O–H groups in total. The summed E-state index contributed by atoms with van der Waals surface area (Å²) < 4.78 is 0. The first kappa shape index (κ1) is 12.8. The summed E-state index contributed by atoms with van der Waals surface area (Å²) in [5.41, 5.74) is -0.149. The fourth-order valence-electron chi connectivity index (χ4n) is 3.22. The molecule has 2 heterocycles. The average molecular weight is 240 g/mol. The molecule has 0 aliphatic carbocycles. The highest BCUT2D eigenvalue weighted by Crippen LogP contribution is 2.36. The van der Waals surface area contributed by atoms with Gasteiger partial charge in [-0.2, -0.15) is 0 Å². The van der Waals surface area contributed by atoms with Crippen molar-refractivity contribution in [2.45, 2.75) is 45.1 Å². The first-order chi connectivity index (χ1) is 8.18. The fourth-order valence-corrected chi connectivity index (χ4v) is 3.22. The summed E-state index contributed by atoms with van der Waals surface area (Å²) in [6.45, 7) is 5.32. The quantitative estimate of drug-likeness (QED) is 0.765. The summed E-state index contributed by atoms with van der Waals surface area (Å²) in [5.74, 6) is 0.289. The monoisotopic (exact) mass is 240 g/mol. The Labute approximate surface area is 103 Å². The molecule has 1 amide bonds. The van der Waals surface area contributed by atoms with E-state index < -0.39 is 0 Å². The van der Waals surface area contributed by atoms with Gasteiger partial charge < -0.3 is 15.3 Å². The highest BCUT2D eigenvalue weighted by Gasteiger charge is 2.42. The van der Waals surface area contributed by atoms with Gasteiger partial charge in [0.25, 0.3) is 0 Å². The largest absolute Gasteiger partial charge is 0.391 e. The lowest BCUT2D eigenvalue weighted by atomic mass is 9.74. The maximum absolute atomic E-state index is 12.6. The van der Waals surface area contributed by atoms with Crippen molar-refractivity contribution in [3.8, 4) is 0 Å². The van der Waals surface area contributed by atoms with E-state index in [-0.39, 0.29) is 17.4 Å². The van der Waals surface area contributed by atoms with Gasteiger partial charge in [0.05, 0.1) is 11.5 Å². The number of aliphatic hydroxyl groups excluding tert-OH is 1. The molecule has 2 aliphatic rings. The number of nitrogens with zero attached hydrogens (tertiary/aromatic N) is 1. The molecule has 4 heteroatoms. The van der Waals surface area contributed by atoms with Gasteiger partial charge in [0.15, 0.2) is 0 Å². The van der Waals surface area contributed by atoms with E-state index >= 15 is 0 Å². The summed E-state index contributed by atoms with van der Waals surface area (Å²) in [4.78, 5) is 14.5. The number of hydrogen-bond acceptors (Lipinski definition) is 3.